The van der Waals surface area contributed by atoms with Crippen LogP contribution in [0.3, 0.4) is 0 Å². The van der Waals surface area contributed by atoms with Crippen molar-refractivity contribution >= 4 is 0 Å². The Balaban J connectivity index is 1.36. The average molecular weight is 430 g/mol. The number of hydrogen-bond acceptors (Lipinski definition) is 0. The summed E-state index contributed by atoms with van der Waals surface area (Å²) in [6, 6.07) is 33.4. The van der Waals surface area contributed by atoms with Gasteiger partial charge in [0.15, 0.2) is 0 Å². The van der Waals surface area contributed by atoms with Crippen LogP contribution in [-0.4, -0.2) is 0 Å². The molecule has 0 saturated heterocycles. The van der Waals surface area contributed by atoms with E-state index in [1.165, 1.54) is 94.2 Å². The van der Waals surface area contributed by atoms with Gasteiger partial charge in [0.1, 0.15) is 0 Å². The molecule has 0 aromatic heterocycles. The van der Waals surface area contributed by atoms with Gasteiger partial charge in [-0.3, -0.25) is 0 Å². The summed E-state index contributed by atoms with van der Waals surface area (Å²) in [5.74, 6) is 0. The molecule has 0 heterocycles. The molecule has 0 spiro atoms. The minimum Gasteiger partial charge on any atom is -0.0654 e. The second kappa shape index (κ2) is 9.79. The normalized spacial score (nSPS) is 11.9. The fraction of sp³-hybridized carbons (Fsp3) is 0.273. The van der Waals surface area contributed by atoms with E-state index in [9.17, 15) is 0 Å². The molecule has 0 bridgehead atoms. The van der Waals surface area contributed by atoms with E-state index in [-0.39, 0.29) is 0 Å². The van der Waals surface area contributed by atoms with Crippen LogP contribution < -0.4 is 0 Å². The highest BCUT2D eigenvalue weighted by molar-refractivity contribution is 5.82. The molecule has 1 aliphatic rings. The minimum atomic E-state index is 0.968. The van der Waals surface area contributed by atoms with Crippen molar-refractivity contribution in [1.29, 1.82) is 0 Å². The van der Waals surface area contributed by atoms with Crippen LogP contribution >= 0.6 is 0 Å². The minimum absolute atomic E-state index is 0.968. The first-order valence-electron chi connectivity index (χ1n) is 12.6. The van der Waals surface area contributed by atoms with Crippen molar-refractivity contribution in [1.82, 2.24) is 0 Å². The van der Waals surface area contributed by atoms with E-state index in [2.05, 4.69) is 98.8 Å². The molecule has 33 heavy (non-hydrogen) atoms. The van der Waals surface area contributed by atoms with Gasteiger partial charge >= 0.3 is 0 Å². The Morgan fingerprint density at radius 2 is 1.18 bits per heavy atom. The second-order valence-corrected chi connectivity index (χ2v) is 9.41. The number of benzene rings is 4. The van der Waals surface area contributed by atoms with Gasteiger partial charge in [0.25, 0.3) is 0 Å². The highest BCUT2D eigenvalue weighted by Crippen LogP contribution is 2.40. The quantitative estimate of drug-likeness (QED) is 0.231. The van der Waals surface area contributed by atoms with Gasteiger partial charge in [-0.15, -0.1) is 0 Å². The van der Waals surface area contributed by atoms with E-state index >= 15 is 0 Å². The zero-order valence-electron chi connectivity index (χ0n) is 20.0. The topological polar surface area (TPSA) is 0 Å². The summed E-state index contributed by atoms with van der Waals surface area (Å²) >= 11 is 0. The number of hydrogen-bond donors (Lipinski definition) is 0. The van der Waals surface area contributed by atoms with Gasteiger partial charge in [0.2, 0.25) is 0 Å². The lowest BCUT2D eigenvalue weighted by Gasteiger charge is -2.08. The summed E-state index contributed by atoms with van der Waals surface area (Å²) in [7, 11) is 0. The Kier molecular flexibility index (Phi) is 6.44. The summed E-state index contributed by atoms with van der Waals surface area (Å²) in [6.45, 7) is 4.50. The van der Waals surface area contributed by atoms with E-state index in [1.807, 2.05) is 0 Å². The molecule has 0 aliphatic heterocycles. The predicted molar refractivity (Wildman–Crippen MR) is 142 cm³/mol. The van der Waals surface area contributed by atoms with Crippen molar-refractivity contribution in [3.05, 3.63) is 107 Å². The summed E-state index contributed by atoms with van der Waals surface area (Å²) in [5.41, 5.74) is 13.4. The van der Waals surface area contributed by atoms with Gasteiger partial charge in [-0.1, -0.05) is 106 Å². The molecule has 0 N–H and O–H groups in total. The Morgan fingerprint density at radius 1 is 0.606 bits per heavy atom. The standard InChI is InChI=1S/C33H33/c1-3-5-7-24-9-13-26(14-10-24)28-17-19-32-30(21-28)23-31-22-29(18-20-33(31)32)27-15-11-25(12-16-27)8-6-4-2/h9-21H,3-8,23H2,1-2H3. The van der Waals surface area contributed by atoms with E-state index in [4.69, 9.17) is 0 Å². The maximum atomic E-state index is 3.74. The molecule has 0 atom stereocenters. The molecule has 5 rings (SSSR count). The number of fused-ring (bicyclic) bond motifs is 3. The lowest BCUT2D eigenvalue weighted by atomic mass is 9.97. The molecule has 1 radical (unpaired) electrons. The fourth-order valence-electron chi connectivity index (χ4n) is 4.95. The second-order valence-electron chi connectivity index (χ2n) is 9.41. The maximum absolute atomic E-state index is 3.74. The molecule has 0 saturated carbocycles. The molecule has 4 aromatic rings. The van der Waals surface area contributed by atoms with E-state index in [1.54, 1.807) is 0 Å². The average Bonchev–Trinajstić information content (AvgIpc) is 3.24. The van der Waals surface area contributed by atoms with Gasteiger partial charge in [0.05, 0.1) is 0 Å². The monoisotopic (exact) mass is 429 g/mol. The fourth-order valence-corrected chi connectivity index (χ4v) is 4.95. The molecular weight excluding hydrogens is 396 g/mol. The van der Waals surface area contributed by atoms with Crippen molar-refractivity contribution in [2.24, 2.45) is 0 Å². The van der Waals surface area contributed by atoms with Crippen LogP contribution in [-0.2, 0) is 19.3 Å². The molecule has 0 fully saturated rings. The first-order chi connectivity index (χ1) is 16.2. The van der Waals surface area contributed by atoms with Crippen molar-refractivity contribution in [2.75, 3.05) is 0 Å². The lowest BCUT2D eigenvalue weighted by Crippen LogP contribution is -1.87. The number of unbranched alkanes of at least 4 members (excludes halogenated alkanes) is 2. The maximum Gasteiger partial charge on any atom is -0.000684 e. The van der Waals surface area contributed by atoms with E-state index in [0.717, 1.165) is 6.42 Å². The zero-order valence-corrected chi connectivity index (χ0v) is 20.0. The van der Waals surface area contributed by atoms with Crippen LogP contribution in [0.2, 0.25) is 0 Å². The van der Waals surface area contributed by atoms with Crippen molar-refractivity contribution in [3.8, 4) is 33.4 Å². The highest BCUT2D eigenvalue weighted by Gasteiger charge is 2.20. The van der Waals surface area contributed by atoms with Crippen molar-refractivity contribution in [3.63, 3.8) is 0 Å². The Labute approximate surface area is 199 Å². The first kappa shape index (κ1) is 21.7. The summed E-state index contributed by atoms with van der Waals surface area (Å²) in [5, 5.41) is 0. The molecule has 4 aromatic carbocycles. The Bertz CT molecular complexity index is 1130. The predicted octanol–water partition coefficient (Wildman–Crippen LogP) is 9.08. The zero-order chi connectivity index (χ0) is 22.6. The number of aryl methyl sites for hydroxylation is 2. The van der Waals surface area contributed by atoms with Crippen molar-refractivity contribution < 1.29 is 0 Å². The lowest BCUT2D eigenvalue weighted by molar-refractivity contribution is 0.795. The third-order valence-electron chi connectivity index (χ3n) is 6.98. The molecule has 0 amide bonds. The van der Waals surface area contributed by atoms with Gasteiger partial charge in [-0.2, -0.15) is 0 Å². The van der Waals surface area contributed by atoms with Crippen molar-refractivity contribution in [2.45, 2.75) is 58.8 Å². The first-order valence-corrected chi connectivity index (χ1v) is 12.6. The van der Waals surface area contributed by atoms with Gasteiger partial charge < -0.3 is 0 Å². The Morgan fingerprint density at radius 3 is 1.82 bits per heavy atom. The Hall–Kier alpha value is -3.12. The molecule has 165 valence electrons. The third kappa shape index (κ3) is 4.67. The smallest absolute Gasteiger partial charge is 0.000684 e. The molecule has 0 heteroatoms. The molecule has 1 aliphatic carbocycles. The van der Waals surface area contributed by atoms with Crippen LogP contribution in [0.25, 0.3) is 33.4 Å². The number of rotatable bonds is 8. The summed E-state index contributed by atoms with van der Waals surface area (Å²) in [4.78, 5) is 0. The SMILES string of the molecule is CCCCc1ccc(-c2[c]c3c(cc2)-c2ccc(-c4ccc(CCCC)cc4)cc2C3)cc1. The largest absolute Gasteiger partial charge is 0.0654 e. The molecule has 0 nitrogen and oxygen atoms in total. The van der Waals surface area contributed by atoms with Crippen LogP contribution in [0.1, 0.15) is 61.8 Å². The van der Waals surface area contributed by atoms with Gasteiger partial charge in [0, 0.05) is 0 Å². The highest BCUT2D eigenvalue weighted by atomic mass is 14.2. The van der Waals surface area contributed by atoms with E-state index in [0.29, 0.717) is 0 Å². The summed E-state index contributed by atoms with van der Waals surface area (Å²) in [6.07, 6.45) is 8.32. The molecule has 0 unspecified atom stereocenters. The van der Waals surface area contributed by atoms with Gasteiger partial charge in [-0.05, 0) is 93.8 Å². The van der Waals surface area contributed by atoms with Crippen LogP contribution in [0.15, 0.2) is 78.9 Å². The third-order valence-corrected chi connectivity index (χ3v) is 6.98. The van der Waals surface area contributed by atoms with Gasteiger partial charge in [-0.25, -0.2) is 0 Å². The van der Waals surface area contributed by atoms with Crippen LogP contribution in [0.4, 0.5) is 0 Å². The molecular formula is C33H33. The summed E-state index contributed by atoms with van der Waals surface area (Å²) < 4.78 is 0. The van der Waals surface area contributed by atoms with E-state index < -0.39 is 0 Å². The van der Waals surface area contributed by atoms with Crippen LogP contribution in [0, 0.1) is 6.07 Å². The van der Waals surface area contributed by atoms with Crippen LogP contribution in [0.5, 0.6) is 0 Å².